The van der Waals surface area contributed by atoms with Gasteiger partial charge < -0.3 is 15.4 Å². The highest BCUT2D eigenvalue weighted by Gasteiger charge is 2.18. The van der Waals surface area contributed by atoms with E-state index in [0.29, 0.717) is 12.1 Å². The molecule has 6 nitrogen and oxygen atoms in total. The summed E-state index contributed by atoms with van der Waals surface area (Å²) in [6, 6.07) is 8.58. The second kappa shape index (κ2) is 10.4. The van der Waals surface area contributed by atoms with Gasteiger partial charge in [-0.3, -0.25) is 14.4 Å². The number of benzene rings is 1. The maximum atomic E-state index is 12.0. The molecule has 1 aromatic carbocycles. The number of carbonyl (C=O) groups is 3. The van der Waals surface area contributed by atoms with Crippen LogP contribution in [-0.2, 0) is 14.3 Å². The van der Waals surface area contributed by atoms with Crippen LogP contribution in [0.4, 0.5) is 0 Å². The molecule has 1 aliphatic carbocycles. The van der Waals surface area contributed by atoms with Gasteiger partial charge in [0.1, 0.15) is 6.54 Å². The summed E-state index contributed by atoms with van der Waals surface area (Å²) in [6.07, 6.45) is 6.85. The van der Waals surface area contributed by atoms with E-state index in [1.165, 1.54) is 25.3 Å². The highest BCUT2D eigenvalue weighted by molar-refractivity contribution is 5.96. The SMILES string of the molecule is C[C@@H](OC(=O)CNC(=O)c1ccccc1)C(=O)NCCC1=CCCCC1. The van der Waals surface area contributed by atoms with Crippen LogP contribution in [0.25, 0.3) is 0 Å². The highest BCUT2D eigenvalue weighted by atomic mass is 16.5. The topological polar surface area (TPSA) is 84.5 Å². The molecule has 0 fully saturated rings. The van der Waals surface area contributed by atoms with Gasteiger partial charge in [-0.05, 0) is 51.2 Å². The molecule has 1 aliphatic rings. The number of rotatable bonds is 8. The lowest BCUT2D eigenvalue weighted by molar-refractivity contribution is -0.153. The monoisotopic (exact) mass is 358 g/mol. The van der Waals surface area contributed by atoms with E-state index in [0.717, 1.165) is 19.3 Å². The first-order chi connectivity index (χ1) is 12.6. The molecule has 0 aliphatic heterocycles. The average molecular weight is 358 g/mol. The molecule has 1 aromatic rings. The van der Waals surface area contributed by atoms with Crippen LogP contribution in [0.1, 0.15) is 49.4 Å². The smallest absolute Gasteiger partial charge is 0.326 e. The Kier molecular flexibility index (Phi) is 7.86. The second-order valence-corrected chi connectivity index (χ2v) is 6.33. The Morgan fingerprint density at radius 3 is 2.58 bits per heavy atom. The minimum absolute atomic E-state index is 0.280. The second-order valence-electron chi connectivity index (χ2n) is 6.33. The van der Waals surface area contributed by atoms with Crippen molar-refractivity contribution < 1.29 is 19.1 Å². The van der Waals surface area contributed by atoms with Gasteiger partial charge in [0.25, 0.3) is 11.8 Å². The van der Waals surface area contributed by atoms with Crippen molar-refractivity contribution in [3.63, 3.8) is 0 Å². The van der Waals surface area contributed by atoms with Crippen molar-refractivity contribution >= 4 is 17.8 Å². The number of allylic oxidation sites excluding steroid dienone is 1. The van der Waals surface area contributed by atoms with E-state index >= 15 is 0 Å². The van der Waals surface area contributed by atoms with Crippen molar-refractivity contribution in [2.75, 3.05) is 13.1 Å². The van der Waals surface area contributed by atoms with Crippen LogP contribution in [0, 0.1) is 0 Å². The largest absolute Gasteiger partial charge is 0.451 e. The van der Waals surface area contributed by atoms with Crippen LogP contribution in [0.2, 0.25) is 0 Å². The molecule has 1 atom stereocenters. The minimum atomic E-state index is -0.892. The van der Waals surface area contributed by atoms with Crippen molar-refractivity contribution in [2.45, 2.75) is 45.1 Å². The molecule has 0 bridgehead atoms. The van der Waals surface area contributed by atoms with E-state index in [4.69, 9.17) is 4.74 Å². The zero-order valence-electron chi connectivity index (χ0n) is 15.1. The van der Waals surface area contributed by atoms with Gasteiger partial charge in [0.15, 0.2) is 6.10 Å². The molecule has 0 saturated heterocycles. The van der Waals surface area contributed by atoms with Crippen LogP contribution in [0.5, 0.6) is 0 Å². The van der Waals surface area contributed by atoms with Crippen LogP contribution in [0.15, 0.2) is 42.0 Å². The van der Waals surface area contributed by atoms with E-state index in [-0.39, 0.29) is 18.4 Å². The predicted octanol–water partition coefficient (Wildman–Crippen LogP) is 2.35. The van der Waals surface area contributed by atoms with Gasteiger partial charge in [0.05, 0.1) is 0 Å². The van der Waals surface area contributed by atoms with Gasteiger partial charge in [-0.25, -0.2) is 0 Å². The lowest BCUT2D eigenvalue weighted by Crippen LogP contribution is -2.39. The zero-order valence-corrected chi connectivity index (χ0v) is 15.1. The third-order valence-electron chi connectivity index (χ3n) is 4.24. The fourth-order valence-electron chi connectivity index (χ4n) is 2.76. The lowest BCUT2D eigenvalue weighted by Gasteiger charge is -2.15. The van der Waals surface area contributed by atoms with Crippen molar-refractivity contribution in [3.8, 4) is 0 Å². The lowest BCUT2D eigenvalue weighted by atomic mass is 9.97. The Morgan fingerprint density at radius 2 is 1.88 bits per heavy atom. The van der Waals surface area contributed by atoms with Crippen molar-refractivity contribution in [1.29, 1.82) is 0 Å². The van der Waals surface area contributed by atoms with Gasteiger partial charge in [-0.1, -0.05) is 29.8 Å². The average Bonchev–Trinajstić information content (AvgIpc) is 2.67. The molecular weight excluding hydrogens is 332 g/mol. The molecule has 0 unspecified atom stereocenters. The van der Waals surface area contributed by atoms with Gasteiger partial charge in [0, 0.05) is 12.1 Å². The fourth-order valence-corrected chi connectivity index (χ4v) is 2.76. The molecular formula is C20H26N2O4. The maximum Gasteiger partial charge on any atom is 0.326 e. The number of amides is 2. The van der Waals surface area contributed by atoms with Gasteiger partial charge in [-0.2, -0.15) is 0 Å². The molecule has 140 valence electrons. The van der Waals surface area contributed by atoms with E-state index < -0.39 is 12.1 Å². The summed E-state index contributed by atoms with van der Waals surface area (Å²) in [5.74, 6) is -1.34. The number of ether oxygens (including phenoxy) is 1. The van der Waals surface area contributed by atoms with Crippen molar-refractivity contribution in [2.24, 2.45) is 0 Å². The standard InChI is InChI=1S/C20H26N2O4/c1-15(19(24)21-13-12-16-8-4-2-5-9-16)26-18(23)14-22-20(25)17-10-6-3-7-11-17/h3,6-8,10-11,15H,2,4-5,9,12-14H2,1H3,(H,21,24)(H,22,25)/t15-/m1/s1. The molecule has 2 rings (SSSR count). The predicted molar refractivity (Wildman–Crippen MR) is 98.5 cm³/mol. The van der Waals surface area contributed by atoms with Crippen LogP contribution in [0.3, 0.4) is 0 Å². The quantitative estimate of drug-likeness (QED) is 0.552. The fraction of sp³-hybridized carbons (Fsp3) is 0.450. The first-order valence-corrected chi connectivity index (χ1v) is 9.04. The first kappa shape index (κ1) is 19.7. The molecule has 0 spiro atoms. The summed E-state index contributed by atoms with van der Waals surface area (Å²) in [4.78, 5) is 35.6. The van der Waals surface area contributed by atoms with Crippen molar-refractivity contribution in [3.05, 3.63) is 47.5 Å². The van der Waals surface area contributed by atoms with E-state index in [1.807, 2.05) is 0 Å². The minimum Gasteiger partial charge on any atom is -0.451 e. The number of hydrogen-bond donors (Lipinski definition) is 2. The van der Waals surface area contributed by atoms with E-state index in [1.54, 1.807) is 30.3 Å². The Morgan fingerprint density at radius 1 is 1.12 bits per heavy atom. The molecule has 2 amide bonds. The summed E-state index contributed by atoms with van der Waals surface area (Å²) in [7, 11) is 0. The summed E-state index contributed by atoms with van der Waals surface area (Å²) < 4.78 is 5.06. The highest BCUT2D eigenvalue weighted by Crippen LogP contribution is 2.19. The maximum absolute atomic E-state index is 12.0. The van der Waals surface area contributed by atoms with Crippen LogP contribution < -0.4 is 10.6 Å². The van der Waals surface area contributed by atoms with Crippen LogP contribution >= 0.6 is 0 Å². The number of nitrogens with one attached hydrogen (secondary N) is 2. The molecule has 2 N–H and O–H groups in total. The summed E-state index contributed by atoms with van der Waals surface area (Å²) in [5, 5.41) is 5.26. The van der Waals surface area contributed by atoms with E-state index in [9.17, 15) is 14.4 Å². The third-order valence-corrected chi connectivity index (χ3v) is 4.24. The summed E-state index contributed by atoms with van der Waals surface area (Å²) in [5.41, 5.74) is 1.84. The number of esters is 1. The first-order valence-electron chi connectivity index (χ1n) is 9.04. The normalized spacial score (nSPS) is 14.7. The molecule has 26 heavy (non-hydrogen) atoms. The molecule has 0 radical (unpaired) electrons. The Bertz CT molecular complexity index is 655. The summed E-state index contributed by atoms with van der Waals surface area (Å²) in [6.45, 7) is 1.78. The molecule has 0 heterocycles. The van der Waals surface area contributed by atoms with Gasteiger partial charge >= 0.3 is 5.97 Å². The molecule has 6 heteroatoms. The Labute approximate surface area is 154 Å². The molecule has 0 saturated carbocycles. The third kappa shape index (κ3) is 6.70. The number of hydrogen-bond acceptors (Lipinski definition) is 4. The van der Waals surface area contributed by atoms with E-state index in [2.05, 4.69) is 16.7 Å². The summed E-state index contributed by atoms with van der Waals surface area (Å²) >= 11 is 0. The van der Waals surface area contributed by atoms with Gasteiger partial charge in [-0.15, -0.1) is 0 Å². The van der Waals surface area contributed by atoms with Gasteiger partial charge in [0.2, 0.25) is 0 Å². The Hall–Kier alpha value is -2.63. The molecule has 0 aromatic heterocycles. The van der Waals surface area contributed by atoms with Crippen molar-refractivity contribution in [1.82, 2.24) is 10.6 Å². The Balaban J connectivity index is 1.64. The van der Waals surface area contributed by atoms with Crippen LogP contribution in [-0.4, -0.2) is 37.0 Å². The number of carbonyl (C=O) groups excluding carboxylic acids is 3. The zero-order chi connectivity index (χ0) is 18.8.